The second-order valence-electron chi connectivity index (χ2n) is 4.81. The standard InChI is InChI=1S/C16H16BrNO/c1-11(14-4-2-3-5-15(14)17)18-13-6-7-16-12(10-13)8-9-19-16/h2-7,10-11,18H,8-9H2,1H3. The molecule has 2 aromatic carbocycles. The summed E-state index contributed by atoms with van der Waals surface area (Å²) in [5.74, 6) is 1.03. The van der Waals surface area contributed by atoms with Gasteiger partial charge in [-0.25, -0.2) is 0 Å². The number of anilines is 1. The zero-order chi connectivity index (χ0) is 13.2. The van der Waals surface area contributed by atoms with Gasteiger partial charge in [0.2, 0.25) is 0 Å². The monoisotopic (exact) mass is 317 g/mol. The van der Waals surface area contributed by atoms with Crippen LogP contribution in [0.3, 0.4) is 0 Å². The lowest BCUT2D eigenvalue weighted by Crippen LogP contribution is -2.07. The minimum atomic E-state index is 0.260. The average molecular weight is 318 g/mol. The number of hydrogen-bond donors (Lipinski definition) is 1. The highest BCUT2D eigenvalue weighted by molar-refractivity contribution is 9.10. The van der Waals surface area contributed by atoms with Gasteiger partial charge in [0, 0.05) is 22.6 Å². The van der Waals surface area contributed by atoms with E-state index < -0.39 is 0 Å². The van der Waals surface area contributed by atoms with Gasteiger partial charge >= 0.3 is 0 Å². The van der Waals surface area contributed by atoms with Crippen molar-refractivity contribution in [2.75, 3.05) is 11.9 Å². The number of ether oxygens (including phenoxy) is 1. The quantitative estimate of drug-likeness (QED) is 0.896. The molecular formula is C16H16BrNO. The summed E-state index contributed by atoms with van der Waals surface area (Å²) in [6, 6.07) is 14.9. The first-order chi connectivity index (χ1) is 9.24. The van der Waals surface area contributed by atoms with Gasteiger partial charge in [0.15, 0.2) is 0 Å². The van der Waals surface area contributed by atoms with Gasteiger partial charge in [0.25, 0.3) is 0 Å². The van der Waals surface area contributed by atoms with Crippen LogP contribution in [0.15, 0.2) is 46.9 Å². The van der Waals surface area contributed by atoms with Crippen molar-refractivity contribution in [2.24, 2.45) is 0 Å². The van der Waals surface area contributed by atoms with Crippen LogP contribution in [0.25, 0.3) is 0 Å². The largest absolute Gasteiger partial charge is 0.493 e. The number of rotatable bonds is 3. The molecule has 0 amide bonds. The van der Waals surface area contributed by atoms with Crippen molar-refractivity contribution in [3.8, 4) is 5.75 Å². The van der Waals surface area contributed by atoms with Gasteiger partial charge in [-0.05, 0) is 42.3 Å². The maximum atomic E-state index is 5.53. The molecule has 0 aromatic heterocycles. The van der Waals surface area contributed by atoms with Crippen molar-refractivity contribution in [3.05, 3.63) is 58.1 Å². The van der Waals surface area contributed by atoms with Gasteiger partial charge in [-0.3, -0.25) is 0 Å². The Morgan fingerprint density at radius 1 is 1.21 bits per heavy atom. The summed E-state index contributed by atoms with van der Waals surface area (Å²) >= 11 is 3.60. The molecule has 1 heterocycles. The van der Waals surface area contributed by atoms with Crippen LogP contribution in [0.2, 0.25) is 0 Å². The first-order valence-corrected chi connectivity index (χ1v) is 7.30. The van der Waals surface area contributed by atoms with Crippen LogP contribution in [0, 0.1) is 0 Å². The minimum absolute atomic E-state index is 0.260. The zero-order valence-corrected chi connectivity index (χ0v) is 12.4. The Morgan fingerprint density at radius 3 is 2.89 bits per heavy atom. The fourth-order valence-corrected chi connectivity index (χ4v) is 3.06. The van der Waals surface area contributed by atoms with Crippen LogP contribution in [-0.2, 0) is 6.42 Å². The lowest BCUT2D eigenvalue weighted by atomic mass is 10.1. The molecule has 0 fully saturated rings. The maximum absolute atomic E-state index is 5.53. The number of benzene rings is 2. The van der Waals surface area contributed by atoms with E-state index >= 15 is 0 Å². The molecule has 19 heavy (non-hydrogen) atoms. The molecule has 0 saturated heterocycles. The third-order valence-electron chi connectivity index (χ3n) is 3.44. The number of fused-ring (bicyclic) bond motifs is 1. The summed E-state index contributed by atoms with van der Waals surface area (Å²) in [6.07, 6.45) is 1.01. The third-order valence-corrected chi connectivity index (χ3v) is 4.17. The van der Waals surface area contributed by atoms with E-state index in [9.17, 15) is 0 Å². The van der Waals surface area contributed by atoms with Gasteiger partial charge in [0.1, 0.15) is 5.75 Å². The highest BCUT2D eigenvalue weighted by Crippen LogP contribution is 2.30. The zero-order valence-electron chi connectivity index (χ0n) is 10.8. The Bertz CT molecular complexity index is 597. The summed E-state index contributed by atoms with van der Waals surface area (Å²) in [5, 5.41) is 3.54. The van der Waals surface area contributed by atoms with Gasteiger partial charge in [-0.15, -0.1) is 0 Å². The lowest BCUT2D eigenvalue weighted by molar-refractivity contribution is 0.357. The molecule has 2 nitrogen and oxygen atoms in total. The maximum Gasteiger partial charge on any atom is 0.122 e. The predicted molar refractivity (Wildman–Crippen MR) is 81.8 cm³/mol. The number of nitrogens with one attached hydrogen (secondary N) is 1. The molecule has 3 rings (SSSR count). The van der Waals surface area contributed by atoms with E-state index in [0.717, 1.165) is 28.9 Å². The molecule has 1 atom stereocenters. The van der Waals surface area contributed by atoms with E-state index in [1.54, 1.807) is 0 Å². The Morgan fingerprint density at radius 2 is 2.05 bits per heavy atom. The van der Waals surface area contributed by atoms with E-state index in [1.165, 1.54) is 11.1 Å². The molecule has 1 unspecified atom stereocenters. The SMILES string of the molecule is CC(Nc1ccc2c(c1)CCO2)c1ccccc1Br. The van der Waals surface area contributed by atoms with E-state index in [4.69, 9.17) is 4.74 Å². The van der Waals surface area contributed by atoms with Gasteiger partial charge in [0.05, 0.1) is 6.61 Å². The highest BCUT2D eigenvalue weighted by atomic mass is 79.9. The highest BCUT2D eigenvalue weighted by Gasteiger charge is 2.13. The lowest BCUT2D eigenvalue weighted by Gasteiger charge is -2.17. The fourth-order valence-electron chi connectivity index (χ4n) is 2.43. The van der Waals surface area contributed by atoms with Crippen molar-refractivity contribution in [2.45, 2.75) is 19.4 Å². The van der Waals surface area contributed by atoms with Crippen LogP contribution in [0.1, 0.15) is 24.1 Å². The molecule has 3 heteroatoms. The smallest absolute Gasteiger partial charge is 0.122 e. The van der Waals surface area contributed by atoms with Crippen LogP contribution < -0.4 is 10.1 Å². The third kappa shape index (κ3) is 2.61. The van der Waals surface area contributed by atoms with Crippen molar-refractivity contribution < 1.29 is 4.74 Å². The topological polar surface area (TPSA) is 21.3 Å². The second kappa shape index (κ2) is 5.25. The van der Waals surface area contributed by atoms with Crippen molar-refractivity contribution >= 4 is 21.6 Å². The summed E-state index contributed by atoms with van der Waals surface area (Å²) in [5.41, 5.74) is 3.70. The molecule has 1 N–H and O–H groups in total. The number of hydrogen-bond acceptors (Lipinski definition) is 2. The molecule has 0 saturated carbocycles. The van der Waals surface area contributed by atoms with E-state index in [-0.39, 0.29) is 6.04 Å². The fraction of sp³-hybridized carbons (Fsp3) is 0.250. The predicted octanol–water partition coefficient (Wildman–Crippen LogP) is 4.56. The molecule has 1 aliphatic rings. The number of halogens is 1. The van der Waals surface area contributed by atoms with E-state index in [1.807, 2.05) is 6.07 Å². The van der Waals surface area contributed by atoms with E-state index in [2.05, 4.69) is 64.6 Å². The normalized spacial score (nSPS) is 14.6. The van der Waals surface area contributed by atoms with Gasteiger partial charge in [-0.1, -0.05) is 34.1 Å². The van der Waals surface area contributed by atoms with Crippen LogP contribution in [-0.4, -0.2) is 6.61 Å². The molecule has 2 aromatic rings. The second-order valence-corrected chi connectivity index (χ2v) is 5.66. The molecular weight excluding hydrogens is 302 g/mol. The minimum Gasteiger partial charge on any atom is -0.493 e. The van der Waals surface area contributed by atoms with E-state index in [0.29, 0.717) is 0 Å². The summed E-state index contributed by atoms with van der Waals surface area (Å²) in [4.78, 5) is 0. The first kappa shape index (κ1) is 12.5. The Balaban J connectivity index is 1.80. The van der Waals surface area contributed by atoms with Crippen molar-refractivity contribution in [1.82, 2.24) is 0 Å². The van der Waals surface area contributed by atoms with Crippen molar-refractivity contribution in [3.63, 3.8) is 0 Å². The van der Waals surface area contributed by atoms with Gasteiger partial charge in [-0.2, -0.15) is 0 Å². The summed E-state index contributed by atoms with van der Waals surface area (Å²) in [7, 11) is 0. The van der Waals surface area contributed by atoms with Crippen molar-refractivity contribution in [1.29, 1.82) is 0 Å². The summed E-state index contributed by atoms with van der Waals surface area (Å²) < 4.78 is 6.67. The Labute approximate surface area is 121 Å². The van der Waals surface area contributed by atoms with Crippen LogP contribution >= 0.6 is 15.9 Å². The summed E-state index contributed by atoms with van der Waals surface area (Å²) in [6.45, 7) is 2.97. The average Bonchev–Trinajstić information content (AvgIpc) is 2.86. The van der Waals surface area contributed by atoms with Gasteiger partial charge < -0.3 is 10.1 Å². The molecule has 0 aliphatic carbocycles. The van der Waals surface area contributed by atoms with Crippen LogP contribution in [0.5, 0.6) is 5.75 Å². The molecule has 98 valence electrons. The molecule has 0 bridgehead atoms. The Kier molecular flexibility index (Phi) is 3.47. The Hall–Kier alpha value is -1.48. The molecule has 0 radical (unpaired) electrons. The molecule has 1 aliphatic heterocycles. The molecule has 0 spiro atoms. The first-order valence-electron chi connectivity index (χ1n) is 6.51. The van der Waals surface area contributed by atoms with Crippen LogP contribution in [0.4, 0.5) is 5.69 Å².